The number of ether oxygens (including phenoxy) is 2. The number of rotatable bonds is 75. The number of carbonyl (C=O) groups is 2. The van der Waals surface area contributed by atoms with Gasteiger partial charge in [-0.1, -0.05) is 368 Å². The van der Waals surface area contributed by atoms with Crippen LogP contribution in [-0.2, 0) is 32.7 Å². The van der Waals surface area contributed by atoms with Crippen LogP contribution < -0.4 is 0 Å². The van der Waals surface area contributed by atoms with Crippen molar-refractivity contribution in [3.63, 3.8) is 0 Å². The molecule has 0 rings (SSSR count). The van der Waals surface area contributed by atoms with Gasteiger partial charge in [0, 0.05) is 12.8 Å². The Labute approximate surface area is 640 Å². The molecule has 9 nitrogen and oxygen atoms in total. The van der Waals surface area contributed by atoms with E-state index in [2.05, 4.69) is 220 Å². The van der Waals surface area contributed by atoms with Crippen LogP contribution in [0.15, 0.2) is 207 Å². The maximum atomic E-state index is 12.9. The van der Waals surface area contributed by atoms with E-state index >= 15 is 0 Å². The molecular formula is C94H155NO8P+. The van der Waals surface area contributed by atoms with E-state index in [1.165, 1.54) is 135 Å². The molecule has 0 radical (unpaired) electrons. The van der Waals surface area contributed by atoms with Crippen molar-refractivity contribution in [1.82, 2.24) is 0 Å². The monoisotopic (exact) mass is 1460 g/mol. The summed E-state index contributed by atoms with van der Waals surface area (Å²) >= 11 is 0. The van der Waals surface area contributed by atoms with Gasteiger partial charge >= 0.3 is 19.8 Å². The highest BCUT2D eigenvalue weighted by Gasteiger charge is 2.27. The summed E-state index contributed by atoms with van der Waals surface area (Å²) in [6.07, 6.45) is 128. The Morgan fingerprint density at radius 2 is 0.519 bits per heavy atom. The molecule has 0 aliphatic rings. The van der Waals surface area contributed by atoms with Crippen molar-refractivity contribution in [1.29, 1.82) is 0 Å². The van der Waals surface area contributed by atoms with Crippen LogP contribution in [0.3, 0.4) is 0 Å². The lowest BCUT2D eigenvalue weighted by Crippen LogP contribution is -2.37. The number of hydrogen-bond donors (Lipinski definition) is 1. The molecule has 0 saturated heterocycles. The zero-order chi connectivity index (χ0) is 75.4. The van der Waals surface area contributed by atoms with Gasteiger partial charge in [0.1, 0.15) is 19.8 Å². The van der Waals surface area contributed by atoms with Crippen LogP contribution in [0.5, 0.6) is 0 Å². The number of allylic oxidation sites excluding steroid dienone is 34. The molecule has 2 unspecified atom stereocenters. The quantitative estimate of drug-likeness (QED) is 0.0211. The average Bonchev–Trinajstić information content (AvgIpc) is 0.915. The molecule has 2 atom stereocenters. The fourth-order valence-corrected chi connectivity index (χ4v) is 11.8. The molecule has 0 aromatic heterocycles. The summed E-state index contributed by atoms with van der Waals surface area (Å²) in [5.74, 6) is -0.809. The van der Waals surface area contributed by atoms with Gasteiger partial charge in [0.15, 0.2) is 6.10 Å². The van der Waals surface area contributed by atoms with Crippen molar-refractivity contribution in [2.45, 2.75) is 328 Å². The second kappa shape index (κ2) is 81.7. The summed E-state index contributed by atoms with van der Waals surface area (Å²) < 4.78 is 34.8. The van der Waals surface area contributed by atoms with Crippen molar-refractivity contribution in [2.24, 2.45) is 0 Å². The SMILES string of the molecule is CC/C=C\C/C=C\C/C=C\C/C=C\C/C=C\C/C=C\C/C=C\C/C=C\C/C=C\C/C=C\CCCCCCCCCCC(=O)OC(COC(=O)CCCCCCCCCCCCCCCCCCCCC/C=C\C/C=C\C/C=C\C/C=C\C/C=C\C/C=C\C/C=C\CC)COP(=O)(O)OCC[N+](C)(C)C. The highest BCUT2D eigenvalue weighted by molar-refractivity contribution is 7.47. The molecule has 0 aromatic carbocycles. The second-order valence-electron chi connectivity index (χ2n) is 28.4. The summed E-state index contributed by atoms with van der Waals surface area (Å²) in [5.41, 5.74) is 0. The van der Waals surface area contributed by atoms with E-state index in [4.69, 9.17) is 18.5 Å². The molecule has 0 aliphatic carbocycles. The van der Waals surface area contributed by atoms with E-state index in [9.17, 15) is 19.0 Å². The first kappa shape index (κ1) is 98.6. The molecular weight excluding hydrogens is 1300 g/mol. The molecule has 0 saturated carbocycles. The molecule has 1 N–H and O–H groups in total. The van der Waals surface area contributed by atoms with Crippen LogP contribution in [0, 0.1) is 0 Å². The number of nitrogens with zero attached hydrogens (tertiary/aromatic N) is 1. The molecule has 0 aromatic rings. The largest absolute Gasteiger partial charge is 0.472 e. The lowest BCUT2D eigenvalue weighted by atomic mass is 10.0. The molecule has 0 aliphatic heterocycles. The normalized spacial score (nSPS) is 14.1. The fourth-order valence-electron chi connectivity index (χ4n) is 11.0. The van der Waals surface area contributed by atoms with Gasteiger partial charge in [0.2, 0.25) is 0 Å². The lowest BCUT2D eigenvalue weighted by molar-refractivity contribution is -0.870. The first-order chi connectivity index (χ1) is 51.0. The molecule has 0 spiro atoms. The minimum Gasteiger partial charge on any atom is -0.462 e. The number of phosphoric ester groups is 1. The summed E-state index contributed by atoms with van der Waals surface area (Å²) in [6.45, 7) is 4.20. The van der Waals surface area contributed by atoms with Gasteiger partial charge in [0.05, 0.1) is 27.7 Å². The Morgan fingerprint density at radius 1 is 0.298 bits per heavy atom. The van der Waals surface area contributed by atoms with Crippen molar-refractivity contribution in [2.75, 3.05) is 47.5 Å². The van der Waals surface area contributed by atoms with Crippen LogP contribution in [0.1, 0.15) is 322 Å². The molecule has 0 fully saturated rings. The maximum Gasteiger partial charge on any atom is 0.472 e. The summed E-state index contributed by atoms with van der Waals surface area (Å²) in [7, 11) is 1.46. The highest BCUT2D eigenvalue weighted by Crippen LogP contribution is 2.43. The van der Waals surface area contributed by atoms with E-state index < -0.39 is 26.5 Å². The van der Waals surface area contributed by atoms with E-state index in [-0.39, 0.29) is 32.0 Å². The van der Waals surface area contributed by atoms with Crippen LogP contribution in [-0.4, -0.2) is 74.9 Å². The number of carbonyl (C=O) groups excluding carboxylic acids is 2. The predicted octanol–water partition coefficient (Wildman–Crippen LogP) is 28.5. The first-order valence-electron chi connectivity index (χ1n) is 41.8. The first-order valence-corrected chi connectivity index (χ1v) is 43.3. The fraction of sp³-hybridized carbons (Fsp3) is 0.617. The van der Waals surface area contributed by atoms with Crippen LogP contribution >= 0.6 is 7.82 Å². The van der Waals surface area contributed by atoms with E-state index in [0.29, 0.717) is 17.4 Å². The third kappa shape index (κ3) is 85.5. The van der Waals surface area contributed by atoms with Crippen molar-refractivity contribution in [3.8, 4) is 0 Å². The van der Waals surface area contributed by atoms with Crippen molar-refractivity contribution < 1.29 is 42.1 Å². The van der Waals surface area contributed by atoms with Crippen molar-refractivity contribution >= 4 is 19.8 Å². The van der Waals surface area contributed by atoms with E-state index in [1.807, 2.05) is 21.1 Å². The van der Waals surface area contributed by atoms with Gasteiger partial charge in [-0.25, -0.2) is 4.57 Å². The third-order valence-corrected chi connectivity index (χ3v) is 18.3. The second-order valence-corrected chi connectivity index (χ2v) is 29.8. The number of phosphoric acid groups is 1. The summed E-state index contributed by atoms with van der Waals surface area (Å²) in [6, 6.07) is 0. The summed E-state index contributed by atoms with van der Waals surface area (Å²) in [4.78, 5) is 36.0. The molecule has 104 heavy (non-hydrogen) atoms. The molecule has 0 heterocycles. The minimum absolute atomic E-state index is 0.0219. The Balaban J connectivity index is 4.03. The zero-order valence-electron chi connectivity index (χ0n) is 67.2. The Hall–Kier alpha value is -5.41. The number of esters is 2. The molecule has 0 amide bonds. The van der Waals surface area contributed by atoms with Crippen LogP contribution in [0.4, 0.5) is 0 Å². The standard InChI is InChI=1S/C94H154NO8P/c1-6-8-10-12-14-16-18-20-22-24-26-28-30-32-34-36-38-40-42-44-46-47-49-50-52-54-56-58-60-62-64-66-68-70-72-74-76-78-80-82-84-86-93(96)100-90-92(91-102-104(98,99)101-89-88-95(3,4)5)103-94(97)87-85-83-81-79-77-75-73-71-69-67-65-63-61-59-57-55-53-51-48-45-43-41-39-37-35-33-31-29-27-25-23-21-19-17-15-13-11-9-7-2/h8-11,14-17,20-23,26-29,32-35,38-41,44-46,48,53,55,59,61,65,67,92H,6-7,12-13,18-19,24-25,30-31,36-37,42-43,47,49-52,54,56-58,60,62-64,66,68-91H2,1-5H3/p+1/b10-8-,11-9-,16-14-,17-15-,22-20-,23-21-,28-26-,29-27-,34-32-,35-33-,40-38-,41-39-,46-44-,48-45-,55-53-,61-59-,67-65-. The number of likely N-dealkylation sites (N-methyl/N-ethyl adjacent to an activating group) is 1. The van der Waals surface area contributed by atoms with Gasteiger partial charge in [-0.15, -0.1) is 0 Å². The maximum absolute atomic E-state index is 12.9. The minimum atomic E-state index is -4.41. The summed E-state index contributed by atoms with van der Waals surface area (Å²) in [5, 5.41) is 0. The van der Waals surface area contributed by atoms with Crippen LogP contribution in [0.25, 0.3) is 0 Å². The number of unbranched alkanes of at least 4 members (excludes halogenated alkanes) is 27. The van der Waals surface area contributed by atoms with Crippen LogP contribution in [0.2, 0.25) is 0 Å². The van der Waals surface area contributed by atoms with Crippen molar-refractivity contribution in [3.05, 3.63) is 207 Å². The highest BCUT2D eigenvalue weighted by atomic mass is 31.2. The van der Waals surface area contributed by atoms with E-state index in [0.717, 1.165) is 154 Å². The number of quaternary nitrogens is 1. The lowest BCUT2D eigenvalue weighted by Gasteiger charge is -2.24. The zero-order valence-corrected chi connectivity index (χ0v) is 68.1. The van der Waals surface area contributed by atoms with Gasteiger partial charge in [-0.05, 0) is 148 Å². The Kier molecular flexibility index (Phi) is 77.4. The Bertz CT molecular complexity index is 2520. The Morgan fingerprint density at radius 3 is 0.769 bits per heavy atom. The molecule has 10 heteroatoms. The van der Waals surface area contributed by atoms with E-state index in [1.54, 1.807) is 0 Å². The van der Waals surface area contributed by atoms with Gasteiger partial charge < -0.3 is 18.9 Å². The molecule has 0 bridgehead atoms. The topological polar surface area (TPSA) is 108 Å². The smallest absolute Gasteiger partial charge is 0.462 e. The molecule has 588 valence electrons. The number of hydrogen-bond acceptors (Lipinski definition) is 7. The van der Waals surface area contributed by atoms with Gasteiger partial charge in [0.25, 0.3) is 0 Å². The van der Waals surface area contributed by atoms with Gasteiger partial charge in [-0.3, -0.25) is 18.6 Å². The third-order valence-electron chi connectivity index (χ3n) is 17.3. The average molecular weight is 1460 g/mol. The van der Waals surface area contributed by atoms with Gasteiger partial charge in [-0.2, -0.15) is 0 Å². The predicted molar refractivity (Wildman–Crippen MR) is 454 cm³/mol.